The lowest BCUT2D eigenvalue weighted by atomic mass is 10.1. The zero-order chi connectivity index (χ0) is 19.0. The number of hydrogen-bond donors (Lipinski definition) is 1. The summed E-state index contributed by atoms with van der Waals surface area (Å²) in [4.78, 5) is 14.2. The van der Waals surface area contributed by atoms with Crippen molar-refractivity contribution in [3.63, 3.8) is 0 Å². The summed E-state index contributed by atoms with van der Waals surface area (Å²) in [5.74, 6) is 0.102. The van der Waals surface area contributed by atoms with Crippen LogP contribution in [0, 0.1) is 0 Å². The number of benzene rings is 2. The molecule has 0 aliphatic carbocycles. The molecule has 6 heteroatoms. The van der Waals surface area contributed by atoms with E-state index < -0.39 is 10.0 Å². The van der Waals surface area contributed by atoms with Gasteiger partial charge in [0.05, 0.1) is 4.90 Å². The molecule has 0 aliphatic rings. The van der Waals surface area contributed by atoms with E-state index in [9.17, 15) is 13.2 Å². The van der Waals surface area contributed by atoms with E-state index in [4.69, 9.17) is 0 Å². The molecule has 0 saturated carbocycles. The minimum Gasteiger partial charge on any atom is -0.341 e. The third-order valence-electron chi connectivity index (χ3n) is 4.30. The summed E-state index contributed by atoms with van der Waals surface area (Å²) < 4.78 is 25.7. The Hall–Kier alpha value is -2.18. The maximum absolute atomic E-state index is 12.3. The lowest BCUT2D eigenvalue weighted by Crippen LogP contribution is -2.26. The van der Waals surface area contributed by atoms with Crippen LogP contribution in [0.4, 0.5) is 0 Å². The molecule has 26 heavy (non-hydrogen) atoms. The fraction of sp³-hybridized carbons (Fsp3) is 0.350. The summed E-state index contributed by atoms with van der Waals surface area (Å²) in [6, 6.07) is 16.9. The number of aryl methyl sites for hydroxylation is 1. The Morgan fingerprint density at radius 1 is 0.962 bits per heavy atom. The van der Waals surface area contributed by atoms with Gasteiger partial charge in [0.15, 0.2) is 0 Å². The Labute approximate surface area is 156 Å². The van der Waals surface area contributed by atoms with Gasteiger partial charge in [0.2, 0.25) is 15.9 Å². The van der Waals surface area contributed by atoms with Crippen molar-refractivity contribution in [3.05, 3.63) is 65.7 Å². The van der Waals surface area contributed by atoms with Gasteiger partial charge in [-0.3, -0.25) is 4.79 Å². The van der Waals surface area contributed by atoms with E-state index in [2.05, 4.69) is 16.9 Å². The maximum Gasteiger partial charge on any atom is 0.240 e. The van der Waals surface area contributed by atoms with Crippen LogP contribution in [0.15, 0.2) is 59.5 Å². The molecule has 0 aliphatic heterocycles. The molecule has 0 bridgehead atoms. The van der Waals surface area contributed by atoms with E-state index in [0.717, 1.165) is 24.8 Å². The van der Waals surface area contributed by atoms with Crippen molar-refractivity contribution in [1.82, 2.24) is 9.62 Å². The van der Waals surface area contributed by atoms with Gasteiger partial charge in [0, 0.05) is 20.0 Å². The Morgan fingerprint density at radius 2 is 1.62 bits per heavy atom. The average molecular weight is 375 g/mol. The molecule has 0 unspecified atom stereocenters. The number of carbonyl (C=O) groups excluding carboxylic acids is 1. The normalized spacial score (nSPS) is 11.3. The molecule has 2 aromatic rings. The molecular formula is C20H26N2O3S. The lowest BCUT2D eigenvalue weighted by Gasteiger charge is -2.17. The van der Waals surface area contributed by atoms with Crippen LogP contribution in [0.25, 0.3) is 0 Å². The standard InChI is InChI=1S/C20H26N2O3S/c1-21-26(24,25)19-14-12-18(13-15-19)16-22(2)20(23)11-7-6-10-17-8-4-3-5-9-17/h3-5,8-9,12-15,21H,6-7,10-11,16H2,1-2H3. The van der Waals surface area contributed by atoms with Crippen LogP contribution in [0.2, 0.25) is 0 Å². The molecule has 0 atom stereocenters. The minimum absolute atomic E-state index is 0.102. The summed E-state index contributed by atoms with van der Waals surface area (Å²) in [6.45, 7) is 0.470. The highest BCUT2D eigenvalue weighted by Crippen LogP contribution is 2.13. The van der Waals surface area contributed by atoms with Gasteiger partial charge in [0.25, 0.3) is 0 Å². The maximum atomic E-state index is 12.3. The molecule has 2 aromatic carbocycles. The third-order valence-corrected chi connectivity index (χ3v) is 5.73. The van der Waals surface area contributed by atoms with Crippen molar-refractivity contribution in [1.29, 1.82) is 0 Å². The van der Waals surface area contributed by atoms with Gasteiger partial charge in [-0.2, -0.15) is 0 Å². The molecule has 0 heterocycles. The van der Waals surface area contributed by atoms with E-state index in [1.54, 1.807) is 36.2 Å². The second kappa shape index (κ2) is 9.50. The van der Waals surface area contributed by atoms with Gasteiger partial charge in [-0.1, -0.05) is 42.5 Å². The monoisotopic (exact) mass is 374 g/mol. The van der Waals surface area contributed by atoms with E-state index in [1.807, 2.05) is 18.2 Å². The van der Waals surface area contributed by atoms with Gasteiger partial charge >= 0.3 is 0 Å². The topological polar surface area (TPSA) is 66.5 Å². The van der Waals surface area contributed by atoms with E-state index in [-0.39, 0.29) is 10.8 Å². The highest BCUT2D eigenvalue weighted by atomic mass is 32.2. The Balaban J connectivity index is 1.77. The number of nitrogens with one attached hydrogen (secondary N) is 1. The number of sulfonamides is 1. The van der Waals surface area contributed by atoms with Gasteiger partial charge < -0.3 is 4.90 Å². The Kier molecular flexibility index (Phi) is 7.36. The quantitative estimate of drug-likeness (QED) is 0.686. The van der Waals surface area contributed by atoms with Crippen LogP contribution in [0.1, 0.15) is 30.4 Å². The minimum atomic E-state index is -3.43. The van der Waals surface area contributed by atoms with Crippen molar-refractivity contribution in [2.45, 2.75) is 37.1 Å². The fourth-order valence-electron chi connectivity index (χ4n) is 2.69. The summed E-state index contributed by atoms with van der Waals surface area (Å²) in [5.41, 5.74) is 2.20. The van der Waals surface area contributed by atoms with Gasteiger partial charge in [-0.25, -0.2) is 13.1 Å². The molecule has 2 rings (SSSR count). The van der Waals surface area contributed by atoms with Crippen LogP contribution in [-0.2, 0) is 27.8 Å². The number of carbonyl (C=O) groups is 1. The van der Waals surface area contributed by atoms with Gasteiger partial charge in [-0.05, 0) is 49.6 Å². The van der Waals surface area contributed by atoms with Crippen LogP contribution in [0.3, 0.4) is 0 Å². The number of nitrogens with zero attached hydrogens (tertiary/aromatic N) is 1. The summed E-state index contributed by atoms with van der Waals surface area (Å²) in [5, 5.41) is 0. The second-order valence-corrected chi connectivity index (χ2v) is 8.18. The fourth-order valence-corrected chi connectivity index (χ4v) is 3.42. The smallest absolute Gasteiger partial charge is 0.240 e. The van der Waals surface area contributed by atoms with Crippen LogP contribution in [-0.4, -0.2) is 33.3 Å². The van der Waals surface area contributed by atoms with E-state index in [1.165, 1.54) is 12.6 Å². The predicted octanol–water partition coefficient (Wildman–Crippen LogP) is 2.97. The van der Waals surface area contributed by atoms with Crippen molar-refractivity contribution in [3.8, 4) is 0 Å². The third kappa shape index (κ3) is 5.97. The molecule has 0 spiro atoms. The summed E-state index contributed by atoms with van der Waals surface area (Å²) in [7, 11) is -0.270. The molecular weight excluding hydrogens is 348 g/mol. The Bertz CT molecular complexity index is 803. The number of rotatable bonds is 9. The molecule has 1 amide bonds. The molecule has 0 fully saturated rings. The molecule has 1 N–H and O–H groups in total. The summed E-state index contributed by atoms with van der Waals surface area (Å²) >= 11 is 0. The zero-order valence-corrected chi connectivity index (χ0v) is 16.1. The van der Waals surface area contributed by atoms with E-state index in [0.29, 0.717) is 13.0 Å². The molecule has 140 valence electrons. The van der Waals surface area contributed by atoms with Crippen molar-refractivity contribution in [2.24, 2.45) is 0 Å². The van der Waals surface area contributed by atoms with Gasteiger partial charge in [-0.15, -0.1) is 0 Å². The average Bonchev–Trinajstić information content (AvgIpc) is 2.66. The highest BCUT2D eigenvalue weighted by molar-refractivity contribution is 7.89. The first-order chi connectivity index (χ1) is 12.4. The molecule has 0 saturated heterocycles. The predicted molar refractivity (Wildman–Crippen MR) is 103 cm³/mol. The first-order valence-corrected chi connectivity index (χ1v) is 10.2. The van der Waals surface area contributed by atoms with Gasteiger partial charge in [0.1, 0.15) is 0 Å². The van der Waals surface area contributed by atoms with Crippen LogP contribution < -0.4 is 4.72 Å². The van der Waals surface area contributed by atoms with E-state index >= 15 is 0 Å². The lowest BCUT2D eigenvalue weighted by molar-refractivity contribution is -0.130. The van der Waals surface area contributed by atoms with Crippen LogP contribution in [0.5, 0.6) is 0 Å². The largest absolute Gasteiger partial charge is 0.341 e. The molecule has 5 nitrogen and oxygen atoms in total. The second-order valence-electron chi connectivity index (χ2n) is 6.29. The van der Waals surface area contributed by atoms with Crippen molar-refractivity contribution >= 4 is 15.9 Å². The highest BCUT2D eigenvalue weighted by Gasteiger charge is 2.12. The zero-order valence-electron chi connectivity index (χ0n) is 15.3. The summed E-state index contributed by atoms with van der Waals surface area (Å²) in [6.07, 6.45) is 3.35. The molecule has 0 radical (unpaired) electrons. The van der Waals surface area contributed by atoms with Crippen molar-refractivity contribution < 1.29 is 13.2 Å². The SMILES string of the molecule is CNS(=O)(=O)c1ccc(CN(C)C(=O)CCCCc2ccccc2)cc1. The van der Waals surface area contributed by atoms with Crippen molar-refractivity contribution in [2.75, 3.05) is 14.1 Å². The first kappa shape index (κ1) is 20.1. The first-order valence-electron chi connectivity index (χ1n) is 8.73. The van der Waals surface area contributed by atoms with Crippen LogP contribution >= 0.6 is 0 Å². The number of unbranched alkanes of at least 4 members (excludes halogenated alkanes) is 1. The Morgan fingerprint density at radius 3 is 2.23 bits per heavy atom. The number of amides is 1. The molecule has 0 aromatic heterocycles. The number of hydrogen-bond acceptors (Lipinski definition) is 3.